The van der Waals surface area contributed by atoms with Gasteiger partial charge in [0.1, 0.15) is 14.9 Å². The average molecular weight is 300 g/mol. The second-order valence-corrected chi connectivity index (χ2v) is 5.28. The number of ketones is 1. The molecule has 0 spiro atoms. The molecule has 4 N–H and O–H groups in total. The first-order valence-electron chi connectivity index (χ1n) is 4.74. The predicted octanol–water partition coefficient (Wildman–Crippen LogP) is -3.95. The van der Waals surface area contributed by atoms with Crippen molar-refractivity contribution in [3.63, 3.8) is 0 Å². The maximum absolute atomic E-state index is 11.1. The van der Waals surface area contributed by atoms with Gasteiger partial charge in [-0.1, -0.05) is 13.2 Å². The Bertz CT molecular complexity index is 447. The van der Waals surface area contributed by atoms with Gasteiger partial charge in [0.2, 0.25) is 5.91 Å². The van der Waals surface area contributed by atoms with Crippen LogP contribution in [0.4, 0.5) is 0 Å². The molecule has 9 heteroatoms. The van der Waals surface area contributed by atoms with Crippen molar-refractivity contribution in [1.82, 2.24) is 0 Å². The molecular formula is C10H17N2NaO5S. The van der Waals surface area contributed by atoms with Crippen LogP contribution < -0.4 is 41.0 Å². The van der Waals surface area contributed by atoms with Crippen molar-refractivity contribution in [3.05, 3.63) is 25.3 Å². The molecule has 2 unspecified atom stereocenters. The average Bonchev–Trinajstić information content (AvgIpc) is 2.25. The van der Waals surface area contributed by atoms with E-state index in [2.05, 4.69) is 18.9 Å². The van der Waals surface area contributed by atoms with Gasteiger partial charge in [-0.15, -0.1) is 0 Å². The summed E-state index contributed by atoms with van der Waals surface area (Å²) in [5.74, 6) is -1.36. The van der Waals surface area contributed by atoms with Crippen LogP contribution in [0.2, 0.25) is 0 Å². The summed E-state index contributed by atoms with van der Waals surface area (Å²) in [5, 5.41) is 0. The maximum Gasteiger partial charge on any atom is 1.00 e. The number of nitrogens with two attached hydrogens (primary N) is 2. The molecule has 0 aliphatic carbocycles. The van der Waals surface area contributed by atoms with Crippen LogP contribution in [-0.4, -0.2) is 35.4 Å². The van der Waals surface area contributed by atoms with Crippen molar-refractivity contribution in [3.8, 4) is 0 Å². The Morgan fingerprint density at radius 2 is 1.63 bits per heavy atom. The van der Waals surface area contributed by atoms with Crippen molar-refractivity contribution in [2.24, 2.45) is 11.5 Å². The summed E-state index contributed by atoms with van der Waals surface area (Å²) in [7, 11) is -4.77. The quantitative estimate of drug-likeness (QED) is 0.301. The summed E-state index contributed by atoms with van der Waals surface area (Å²) in [5.41, 5.74) is 9.82. The molecule has 0 aliphatic rings. The van der Waals surface area contributed by atoms with Crippen LogP contribution in [-0.2, 0) is 19.7 Å². The van der Waals surface area contributed by atoms with Gasteiger partial charge in [-0.05, 0) is 26.0 Å². The number of amides is 1. The second-order valence-electron chi connectivity index (χ2n) is 3.52. The van der Waals surface area contributed by atoms with Crippen LogP contribution >= 0.6 is 0 Å². The van der Waals surface area contributed by atoms with Crippen molar-refractivity contribution in [2.45, 2.75) is 24.6 Å². The van der Waals surface area contributed by atoms with Crippen molar-refractivity contribution in [2.75, 3.05) is 0 Å². The number of carbonyl (C=O) groups excluding carboxylic acids is 2. The van der Waals surface area contributed by atoms with E-state index in [1.807, 2.05) is 0 Å². The Kier molecular flexibility index (Phi) is 11.7. The molecule has 0 aromatic heterocycles. The smallest absolute Gasteiger partial charge is 0.747 e. The largest absolute Gasteiger partial charge is 1.00 e. The zero-order chi connectivity index (χ0) is 15.1. The first-order valence-corrected chi connectivity index (χ1v) is 6.15. The summed E-state index contributed by atoms with van der Waals surface area (Å²) in [4.78, 5) is 20.6. The summed E-state index contributed by atoms with van der Waals surface area (Å²) in [6.45, 7) is 8.49. The van der Waals surface area contributed by atoms with Crippen LogP contribution in [0, 0.1) is 0 Å². The van der Waals surface area contributed by atoms with E-state index in [9.17, 15) is 22.6 Å². The molecular weight excluding hydrogens is 283 g/mol. The Labute approximate surface area is 135 Å². The van der Waals surface area contributed by atoms with E-state index in [4.69, 9.17) is 5.73 Å². The van der Waals surface area contributed by atoms with Gasteiger partial charge in [-0.2, -0.15) is 0 Å². The monoisotopic (exact) mass is 300 g/mol. The van der Waals surface area contributed by atoms with Crippen LogP contribution in [0.25, 0.3) is 0 Å². The van der Waals surface area contributed by atoms with E-state index in [0.29, 0.717) is 0 Å². The molecule has 104 valence electrons. The van der Waals surface area contributed by atoms with Gasteiger partial charge in [0.25, 0.3) is 0 Å². The number of hydrogen-bond acceptors (Lipinski definition) is 6. The van der Waals surface area contributed by atoms with Crippen molar-refractivity contribution < 1.29 is 52.1 Å². The van der Waals surface area contributed by atoms with Crippen LogP contribution in [0.1, 0.15) is 13.8 Å². The number of allylic oxidation sites excluding steroid dienone is 1. The number of rotatable bonds is 5. The summed E-state index contributed by atoms with van der Waals surface area (Å²) >= 11 is 0. The minimum absolute atomic E-state index is 0. The molecule has 2 atom stereocenters. The normalized spacial score (nSPS) is 14.5. The maximum atomic E-state index is 11.1. The molecule has 1 amide bonds. The third-order valence-corrected chi connectivity index (χ3v) is 3.88. The summed E-state index contributed by atoms with van der Waals surface area (Å²) in [6, 6.07) is -1.07. The van der Waals surface area contributed by atoms with Gasteiger partial charge in [0.05, 0.1) is 0 Å². The van der Waals surface area contributed by atoms with Gasteiger partial charge in [0, 0.05) is 6.04 Å². The van der Waals surface area contributed by atoms with E-state index in [0.717, 1.165) is 19.1 Å². The fourth-order valence-electron chi connectivity index (χ4n) is 0.778. The summed E-state index contributed by atoms with van der Waals surface area (Å²) in [6.07, 6.45) is 1.85. The number of hydrogen-bond donors (Lipinski definition) is 2. The van der Waals surface area contributed by atoms with E-state index >= 15 is 0 Å². The van der Waals surface area contributed by atoms with E-state index in [1.165, 1.54) is 6.92 Å². The third kappa shape index (κ3) is 7.00. The van der Waals surface area contributed by atoms with E-state index < -0.39 is 32.6 Å². The molecule has 0 aromatic carbocycles. The summed E-state index contributed by atoms with van der Waals surface area (Å²) < 4.78 is 30.3. The van der Waals surface area contributed by atoms with E-state index in [-0.39, 0.29) is 29.6 Å². The SMILES string of the molecule is C=CC(=O)C(C)(C(C)N)S(=O)(=O)[O-].C=CC(N)=O.[Na+]. The molecule has 0 heterocycles. The van der Waals surface area contributed by atoms with Gasteiger partial charge in [0.15, 0.2) is 5.78 Å². The minimum atomic E-state index is -4.77. The molecule has 19 heavy (non-hydrogen) atoms. The fourth-order valence-corrected chi connectivity index (χ4v) is 1.56. The molecule has 0 fully saturated rings. The van der Waals surface area contributed by atoms with Crippen molar-refractivity contribution >= 4 is 21.8 Å². The first-order chi connectivity index (χ1) is 7.94. The van der Waals surface area contributed by atoms with Crippen LogP contribution in [0.15, 0.2) is 25.3 Å². The standard InChI is InChI=1S/C7H13NO4S.C3H5NO.Na/c1-4-6(9)7(3,5(2)8)13(10,11)12;1-2-3(4)5;/h4-5H,1,8H2,2-3H3,(H,10,11,12);2H,1H2,(H2,4,5);/q;;+1/p-1. The van der Waals surface area contributed by atoms with E-state index in [1.54, 1.807) is 0 Å². The molecule has 0 aromatic rings. The number of primary amides is 1. The Morgan fingerprint density at radius 3 is 1.68 bits per heavy atom. The van der Waals surface area contributed by atoms with Gasteiger partial charge >= 0.3 is 29.6 Å². The fraction of sp³-hybridized carbons (Fsp3) is 0.400. The van der Waals surface area contributed by atoms with Crippen LogP contribution in [0.3, 0.4) is 0 Å². The number of carbonyl (C=O) groups is 2. The van der Waals surface area contributed by atoms with Gasteiger partial charge in [-0.3, -0.25) is 9.59 Å². The molecule has 0 radical (unpaired) electrons. The molecule has 0 saturated heterocycles. The topological polar surface area (TPSA) is 143 Å². The zero-order valence-corrected chi connectivity index (χ0v) is 14.1. The molecule has 7 nitrogen and oxygen atoms in total. The minimum Gasteiger partial charge on any atom is -0.747 e. The molecule has 0 rings (SSSR count). The zero-order valence-electron chi connectivity index (χ0n) is 11.3. The Balaban J connectivity index is -0.000000366. The first kappa shape index (κ1) is 23.6. The van der Waals surface area contributed by atoms with Crippen molar-refractivity contribution in [1.29, 1.82) is 0 Å². The Hall–Kier alpha value is -0.510. The van der Waals surface area contributed by atoms with Gasteiger partial charge in [-0.25, -0.2) is 8.42 Å². The van der Waals surface area contributed by atoms with Gasteiger partial charge < -0.3 is 16.0 Å². The molecule has 0 aliphatic heterocycles. The second kappa shape index (κ2) is 9.40. The third-order valence-electron chi connectivity index (χ3n) is 2.26. The Morgan fingerprint density at radius 1 is 1.32 bits per heavy atom. The van der Waals surface area contributed by atoms with Crippen LogP contribution in [0.5, 0.6) is 0 Å². The molecule has 0 bridgehead atoms. The predicted molar refractivity (Wildman–Crippen MR) is 66.3 cm³/mol. The molecule has 0 saturated carbocycles.